The molecule has 0 radical (unpaired) electrons. The van der Waals surface area contributed by atoms with Gasteiger partial charge < -0.3 is 19.5 Å². The zero-order valence-corrected chi connectivity index (χ0v) is 19.7. The van der Waals surface area contributed by atoms with Crippen molar-refractivity contribution in [2.75, 3.05) is 38.7 Å². The molecular weight excluding hydrogens is 468 g/mol. The second kappa shape index (κ2) is 10.0. The molecule has 1 saturated heterocycles. The van der Waals surface area contributed by atoms with E-state index in [0.29, 0.717) is 54.1 Å². The van der Waals surface area contributed by atoms with Crippen molar-refractivity contribution < 1.29 is 27.4 Å². The Morgan fingerprint density at radius 2 is 1.88 bits per heavy atom. The van der Waals surface area contributed by atoms with Crippen molar-refractivity contribution in [1.29, 1.82) is 0 Å². The fourth-order valence-corrected chi connectivity index (χ4v) is 5.76. The lowest BCUT2D eigenvalue weighted by atomic mass is 10.1. The van der Waals surface area contributed by atoms with E-state index in [4.69, 9.17) is 25.8 Å². The Hall–Kier alpha value is -2.75. The minimum Gasteiger partial charge on any atom is -0.495 e. The monoisotopic (exact) mass is 492 g/mol. The van der Waals surface area contributed by atoms with Crippen LogP contribution in [-0.2, 0) is 14.8 Å². The first kappa shape index (κ1) is 23.4. The predicted molar refractivity (Wildman–Crippen MR) is 126 cm³/mol. The van der Waals surface area contributed by atoms with E-state index < -0.39 is 15.9 Å². The van der Waals surface area contributed by atoms with Crippen LogP contribution in [0.5, 0.6) is 17.2 Å². The largest absolute Gasteiger partial charge is 0.495 e. The Morgan fingerprint density at radius 1 is 1.12 bits per heavy atom. The molecule has 8 nitrogen and oxygen atoms in total. The van der Waals surface area contributed by atoms with Gasteiger partial charge in [-0.15, -0.1) is 0 Å². The van der Waals surface area contributed by atoms with Gasteiger partial charge in [0, 0.05) is 24.9 Å². The van der Waals surface area contributed by atoms with Gasteiger partial charge in [0.25, 0.3) is 0 Å². The molecule has 0 unspecified atom stereocenters. The Morgan fingerprint density at radius 3 is 2.64 bits per heavy atom. The average Bonchev–Trinajstić information content (AvgIpc) is 2.83. The topological polar surface area (TPSA) is 94.2 Å². The molecule has 2 aliphatic heterocycles. The van der Waals surface area contributed by atoms with Crippen LogP contribution in [0.25, 0.3) is 6.08 Å². The number of piperidine rings is 1. The first-order valence-electron chi connectivity index (χ1n) is 10.6. The maximum absolute atomic E-state index is 13.1. The van der Waals surface area contributed by atoms with Crippen LogP contribution in [0, 0.1) is 0 Å². The number of fused-ring (bicyclic) bond motifs is 1. The molecule has 1 N–H and O–H groups in total. The van der Waals surface area contributed by atoms with E-state index in [9.17, 15) is 13.2 Å². The van der Waals surface area contributed by atoms with Gasteiger partial charge in [-0.25, -0.2) is 8.42 Å². The highest BCUT2D eigenvalue weighted by atomic mass is 35.5. The Bertz CT molecular complexity index is 1180. The number of nitrogens with one attached hydrogen (secondary N) is 1. The number of methoxy groups -OCH3 is 1. The normalized spacial score (nSPS) is 16.5. The predicted octanol–water partition coefficient (Wildman–Crippen LogP) is 3.95. The molecule has 33 heavy (non-hydrogen) atoms. The summed E-state index contributed by atoms with van der Waals surface area (Å²) in [5.74, 6) is 0.828. The Labute approximate surface area is 198 Å². The zero-order chi connectivity index (χ0) is 23.4. The van der Waals surface area contributed by atoms with Crippen LogP contribution in [0.3, 0.4) is 0 Å². The molecule has 1 amide bonds. The van der Waals surface area contributed by atoms with Gasteiger partial charge in [-0.2, -0.15) is 4.31 Å². The van der Waals surface area contributed by atoms with Crippen LogP contribution in [0.4, 0.5) is 5.69 Å². The molecule has 2 heterocycles. The van der Waals surface area contributed by atoms with E-state index >= 15 is 0 Å². The third kappa shape index (κ3) is 5.26. The van der Waals surface area contributed by atoms with Crippen molar-refractivity contribution >= 4 is 39.3 Å². The van der Waals surface area contributed by atoms with Crippen molar-refractivity contribution in [2.45, 2.75) is 24.2 Å². The number of halogens is 1. The van der Waals surface area contributed by atoms with Crippen LogP contribution in [0.2, 0.25) is 5.02 Å². The molecule has 2 aromatic rings. The van der Waals surface area contributed by atoms with E-state index in [0.717, 1.165) is 19.3 Å². The fourth-order valence-electron chi connectivity index (χ4n) is 3.78. The summed E-state index contributed by atoms with van der Waals surface area (Å²) in [7, 11) is -2.31. The van der Waals surface area contributed by atoms with E-state index in [2.05, 4.69) is 5.32 Å². The maximum atomic E-state index is 13.1. The number of amides is 1. The summed E-state index contributed by atoms with van der Waals surface area (Å²) in [5, 5.41) is 3.10. The van der Waals surface area contributed by atoms with Crippen molar-refractivity contribution in [1.82, 2.24) is 4.31 Å². The first-order chi connectivity index (χ1) is 15.9. The maximum Gasteiger partial charge on any atom is 0.248 e. The second-order valence-electron chi connectivity index (χ2n) is 7.68. The van der Waals surface area contributed by atoms with Gasteiger partial charge in [-0.05, 0) is 54.8 Å². The summed E-state index contributed by atoms with van der Waals surface area (Å²) in [6, 6.07) is 7.98. The molecule has 1 fully saturated rings. The second-order valence-corrected chi connectivity index (χ2v) is 9.99. The summed E-state index contributed by atoms with van der Waals surface area (Å²) in [6.45, 7) is 1.81. The van der Waals surface area contributed by atoms with Gasteiger partial charge in [0.05, 0.1) is 12.1 Å². The quantitative estimate of drug-likeness (QED) is 0.614. The number of anilines is 1. The zero-order valence-electron chi connectivity index (χ0n) is 18.2. The number of hydrogen-bond acceptors (Lipinski definition) is 6. The summed E-state index contributed by atoms with van der Waals surface area (Å²) < 4.78 is 44.1. The number of sulfonamides is 1. The van der Waals surface area contributed by atoms with Gasteiger partial charge in [0.1, 0.15) is 23.9 Å². The average molecular weight is 493 g/mol. The standard InChI is InChI=1S/C23H25ClN2O6S/c1-30-19-7-6-17(15-21(19)33(28,29)26-9-3-2-4-10-26)25-22(27)8-5-16-13-18(24)23-20(14-16)31-11-12-32-23/h5-8,13-15H,2-4,9-12H2,1H3,(H,25,27)/b8-5+. The smallest absolute Gasteiger partial charge is 0.248 e. The number of rotatable bonds is 6. The number of hydrogen-bond donors (Lipinski definition) is 1. The lowest BCUT2D eigenvalue weighted by Gasteiger charge is -2.26. The van der Waals surface area contributed by atoms with Gasteiger partial charge in [0.2, 0.25) is 15.9 Å². The molecule has 0 bridgehead atoms. The molecule has 0 aromatic heterocycles. The molecule has 2 aliphatic rings. The van der Waals surface area contributed by atoms with Crippen LogP contribution in [0.1, 0.15) is 24.8 Å². The first-order valence-corrected chi connectivity index (χ1v) is 12.5. The highest BCUT2D eigenvalue weighted by Gasteiger charge is 2.29. The van der Waals surface area contributed by atoms with Crippen molar-refractivity contribution in [2.24, 2.45) is 0 Å². The van der Waals surface area contributed by atoms with E-state index in [1.807, 2.05) is 0 Å². The summed E-state index contributed by atoms with van der Waals surface area (Å²) in [6.07, 6.45) is 5.60. The molecule has 0 spiro atoms. The highest BCUT2D eigenvalue weighted by Crippen LogP contribution is 2.38. The number of carbonyl (C=O) groups is 1. The molecule has 4 rings (SSSR count). The van der Waals surface area contributed by atoms with Crippen molar-refractivity contribution in [3.63, 3.8) is 0 Å². The van der Waals surface area contributed by atoms with Crippen molar-refractivity contribution in [3.8, 4) is 17.2 Å². The minimum atomic E-state index is -3.73. The van der Waals surface area contributed by atoms with Gasteiger partial charge >= 0.3 is 0 Å². The molecular formula is C23H25ClN2O6S. The van der Waals surface area contributed by atoms with Gasteiger partial charge in [-0.3, -0.25) is 4.79 Å². The molecule has 2 aromatic carbocycles. The van der Waals surface area contributed by atoms with Crippen molar-refractivity contribution in [3.05, 3.63) is 47.0 Å². The molecule has 0 atom stereocenters. The Balaban J connectivity index is 1.51. The highest BCUT2D eigenvalue weighted by molar-refractivity contribution is 7.89. The van der Waals surface area contributed by atoms with E-state index in [1.165, 1.54) is 29.6 Å². The van der Waals surface area contributed by atoms with Gasteiger partial charge in [-0.1, -0.05) is 18.0 Å². The summed E-state index contributed by atoms with van der Waals surface area (Å²) in [4.78, 5) is 12.5. The molecule has 0 saturated carbocycles. The third-order valence-corrected chi connectivity index (χ3v) is 7.61. The summed E-state index contributed by atoms with van der Waals surface area (Å²) in [5.41, 5.74) is 1.02. The van der Waals surface area contributed by atoms with E-state index in [1.54, 1.807) is 24.3 Å². The third-order valence-electron chi connectivity index (χ3n) is 5.41. The number of ether oxygens (including phenoxy) is 3. The van der Waals surface area contributed by atoms with E-state index in [-0.39, 0.29) is 10.6 Å². The number of nitrogens with zero attached hydrogens (tertiary/aromatic N) is 1. The molecule has 10 heteroatoms. The summed E-state index contributed by atoms with van der Waals surface area (Å²) >= 11 is 6.23. The van der Waals surface area contributed by atoms with Crippen LogP contribution < -0.4 is 19.5 Å². The van der Waals surface area contributed by atoms with Crippen LogP contribution >= 0.6 is 11.6 Å². The van der Waals surface area contributed by atoms with Crippen LogP contribution in [-0.4, -0.2) is 52.0 Å². The number of benzene rings is 2. The molecule has 176 valence electrons. The lowest BCUT2D eigenvalue weighted by molar-refractivity contribution is -0.111. The fraction of sp³-hybridized carbons (Fsp3) is 0.348. The van der Waals surface area contributed by atoms with Gasteiger partial charge in [0.15, 0.2) is 11.5 Å². The number of carbonyl (C=O) groups excluding carboxylic acids is 1. The SMILES string of the molecule is COc1ccc(NC(=O)/C=C/c2cc(Cl)c3c(c2)OCCO3)cc1S(=O)(=O)N1CCCCC1. The van der Waals surface area contributed by atoms with Crippen LogP contribution in [0.15, 0.2) is 41.3 Å². The minimum absolute atomic E-state index is 0.0345. The molecule has 0 aliphatic carbocycles. The Kier molecular flexibility index (Phi) is 7.11. The lowest BCUT2D eigenvalue weighted by Crippen LogP contribution is -2.35.